The fourth-order valence-corrected chi connectivity index (χ4v) is 2.58. The van der Waals surface area contributed by atoms with E-state index in [1.165, 1.54) is 0 Å². The van der Waals surface area contributed by atoms with Crippen molar-refractivity contribution >= 4 is 21.6 Å². The van der Waals surface area contributed by atoms with E-state index >= 15 is 0 Å². The Hall–Kier alpha value is -1.16. The van der Waals surface area contributed by atoms with Gasteiger partial charge in [0.2, 0.25) is 0 Å². The zero-order valence-corrected chi connectivity index (χ0v) is 9.21. The third-order valence-corrected chi connectivity index (χ3v) is 3.39. The lowest BCUT2D eigenvalue weighted by Gasteiger charge is -2.22. The van der Waals surface area contributed by atoms with E-state index in [-0.39, 0.29) is 0 Å². The molecular weight excluding hydrogens is 196 g/mol. The van der Waals surface area contributed by atoms with Gasteiger partial charge in [0.05, 0.1) is 5.39 Å². The van der Waals surface area contributed by atoms with Crippen molar-refractivity contribution in [1.29, 1.82) is 0 Å². The fraction of sp³-hybridized carbons (Fsp3) is 0.400. The van der Waals surface area contributed by atoms with Gasteiger partial charge in [0.25, 0.3) is 0 Å². The molecule has 0 amide bonds. The van der Waals surface area contributed by atoms with Crippen LogP contribution in [-0.4, -0.2) is 22.9 Å². The van der Waals surface area contributed by atoms with Crippen LogP contribution in [0.2, 0.25) is 0 Å². The Kier molecular flexibility index (Phi) is 2.37. The summed E-state index contributed by atoms with van der Waals surface area (Å²) in [4.78, 5) is 1.12. The van der Waals surface area contributed by atoms with Gasteiger partial charge < -0.3 is 10.1 Å². The Bertz CT molecular complexity index is 428. The maximum atomic E-state index is 9.53. The van der Waals surface area contributed by atoms with Crippen LogP contribution in [0.3, 0.4) is 0 Å². The Morgan fingerprint density at radius 1 is 1.43 bits per heavy atom. The van der Waals surface area contributed by atoms with Crippen molar-refractivity contribution < 1.29 is 5.11 Å². The van der Waals surface area contributed by atoms with Gasteiger partial charge in [0.1, 0.15) is 10.6 Å². The van der Waals surface area contributed by atoms with Crippen LogP contribution >= 0.6 is 11.3 Å². The van der Waals surface area contributed by atoms with Gasteiger partial charge in [-0.25, -0.2) is 0 Å². The average Bonchev–Trinajstić information content (AvgIpc) is 2.74. The number of aromatic hydroxyl groups is 1. The highest BCUT2D eigenvalue weighted by atomic mass is 32.1. The highest BCUT2D eigenvalue weighted by molar-refractivity contribution is 7.17. The van der Waals surface area contributed by atoms with E-state index in [0.717, 1.165) is 23.3 Å². The molecule has 0 spiro atoms. The van der Waals surface area contributed by atoms with E-state index < -0.39 is 0 Å². The molecule has 0 bridgehead atoms. The van der Waals surface area contributed by atoms with Gasteiger partial charge in [-0.3, -0.25) is 4.68 Å². The quantitative estimate of drug-likeness (QED) is 0.842. The van der Waals surface area contributed by atoms with Crippen LogP contribution < -0.4 is 5.01 Å². The molecule has 2 heterocycles. The number of aromatic nitrogens is 1. The van der Waals surface area contributed by atoms with Crippen molar-refractivity contribution in [1.82, 2.24) is 4.68 Å². The largest absolute Gasteiger partial charge is 0.506 e. The van der Waals surface area contributed by atoms with E-state index in [0.29, 0.717) is 5.75 Å². The maximum Gasteiger partial charge on any atom is 0.135 e. The Morgan fingerprint density at radius 3 is 2.79 bits per heavy atom. The second kappa shape index (κ2) is 3.53. The van der Waals surface area contributed by atoms with Crippen molar-refractivity contribution in [3.63, 3.8) is 0 Å². The van der Waals surface area contributed by atoms with Crippen molar-refractivity contribution in [2.75, 3.05) is 18.1 Å². The lowest BCUT2D eigenvalue weighted by Crippen LogP contribution is -2.32. The van der Waals surface area contributed by atoms with Gasteiger partial charge in [-0.1, -0.05) is 0 Å². The average molecular weight is 210 g/mol. The van der Waals surface area contributed by atoms with Gasteiger partial charge in [-0.05, 0) is 19.9 Å². The van der Waals surface area contributed by atoms with Crippen LogP contribution in [0.5, 0.6) is 5.75 Å². The van der Waals surface area contributed by atoms with Crippen LogP contribution in [0.4, 0.5) is 0 Å². The first-order chi connectivity index (χ1) is 6.77. The minimum Gasteiger partial charge on any atom is -0.506 e. The van der Waals surface area contributed by atoms with Crippen LogP contribution in [0.1, 0.15) is 13.8 Å². The first kappa shape index (κ1) is 9.40. The molecule has 2 aromatic rings. The van der Waals surface area contributed by atoms with Gasteiger partial charge in [0.15, 0.2) is 0 Å². The predicted octanol–water partition coefficient (Wildman–Crippen LogP) is 2.39. The van der Waals surface area contributed by atoms with E-state index in [1.807, 2.05) is 12.3 Å². The monoisotopic (exact) mass is 210 g/mol. The minimum absolute atomic E-state index is 0.385. The molecule has 2 rings (SSSR count). The standard InChI is InChI=1S/C10H14N2OS/c1-3-11(4-2)12-6-5-8-9(13)7-14-10(8)12/h5-7,13H,3-4H2,1-2H3. The van der Waals surface area contributed by atoms with Crippen LogP contribution in [0.25, 0.3) is 10.2 Å². The van der Waals surface area contributed by atoms with Crippen molar-refractivity contribution in [3.05, 3.63) is 17.6 Å². The molecule has 0 radical (unpaired) electrons. The molecule has 0 aromatic carbocycles. The topological polar surface area (TPSA) is 28.4 Å². The van der Waals surface area contributed by atoms with Crippen molar-refractivity contribution in [3.8, 4) is 5.75 Å². The summed E-state index contributed by atoms with van der Waals surface area (Å²) < 4.78 is 2.11. The normalized spacial score (nSPS) is 11.0. The minimum atomic E-state index is 0.385. The Morgan fingerprint density at radius 2 is 2.14 bits per heavy atom. The molecule has 0 saturated heterocycles. The molecule has 0 fully saturated rings. The Balaban J connectivity index is 2.51. The summed E-state index contributed by atoms with van der Waals surface area (Å²) >= 11 is 1.58. The summed E-state index contributed by atoms with van der Waals surface area (Å²) in [6.45, 7) is 6.20. The fourth-order valence-electron chi connectivity index (χ4n) is 1.65. The third kappa shape index (κ3) is 1.26. The van der Waals surface area contributed by atoms with E-state index in [4.69, 9.17) is 0 Å². The highest BCUT2D eigenvalue weighted by Gasteiger charge is 2.10. The molecule has 14 heavy (non-hydrogen) atoms. The van der Waals surface area contributed by atoms with Gasteiger partial charge in [-0.2, -0.15) is 0 Å². The van der Waals surface area contributed by atoms with Crippen LogP contribution in [0.15, 0.2) is 17.6 Å². The van der Waals surface area contributed by atoms with Gasteiger partial charge in [-0.15, -0.1) is 11.3 Å². The molecule has 0 unspecified atom stereocenters. The summed E-state index contributed by atoms with van der Waals surface area (Å²) in [6.07, 6.45) is 2.01. The highest BCUT2D eigenvalue weighted by Crippen LogP contribution is 2.31. The molecule has 0 saturated carbocycles. The lowest BCUT2D eigenvalue weighted by molar-refractivity contribution is 0.484. The molecule has 0 aliphatic carbocycles. The SMILES string of the molecule is CCN(CC)n1ccc2c(O)csc21. The molecular formula is C10H14N2OS. The number of hydrogen-bond acceptors (Lipinski definition) is 3. The predicted molar refractivity (Wildman–Crippen MR) is 60.8 cm³/mol. The first-order valence-corrected chi connectivity index (χ1v) is 5.68. The molecule has 2 aromatic heterocycles. The molecule has 0 aliphatic rings. The number of rotatable bonds is 3. The lowest BCUT2D eigenvalue weighted by atomic mass is 10.4. The summed E-state index contributed by atoms with van der Waals surface area (Å²) in [5.74, 6) is 0.385. The van der Waals surface area contributed by atoms with Crippen molar-refractivity contribution in [2.45, 2.75) is 13.8 Å². The second-order valence-corrected chi connectivity index (χ2v) is 4.00. The maximum absolute atomic E-state index is 9.53. The summed E-state index contributed by atoms with van der Waals surface area (Å²) in [5, 5.41) is 14.5. The summed E-state index contributed by atoms with van der Waals surface area (Å²) in [6, 6.07) is 1.96. The van der Waals surface area contributed by atoms with Gasteiger partial charge >= 0.3 is 0 Å². The molecule has 1 N–H and O–H groups in total. The van der Waals surface area contributed by atoms with Crippen LogP contribution in [-0.2, 0) is 0 Å². The molecule has 4 heteroatoms. The first-order valence-electron chi connectivity index (χ1n) is 4.80. The molecule has 0 atom stereocenters. The van der Waals surface area contributed by atoms with E-state index in [2.05, 4.69) is 23.5 Å². The zero-order valence-electron chi connectivity index (χ0n) is 8.40. The third-order valence-electron chi connectivity index (χ3n) is 2.41. The number of hydrogen-bond donors (Lipinski definition) is 1. The van der Waals surface area contributed by atoms with E-state index in [1.54, 1.807) is 16.7 Å². The number of thiophene rings is 1. The smallest absolute Gasteiger partial charge is 0.135 e. The summed E-state index contributed by atoms with van der Waals surface area (Å²) in [7, 11) is 0. The molecule has 3 nitrogen and oxygen atoms in total. The Labute approximate surface area is 87.2 Å². The molecule has 0 aliphatic heterocycles. The van der Waals surface area contributed by atoms with E-state index in [9.17, 15) is 5.11 Å². The summed E-state index contributed by atoms with van der Waals surface area (Å²) in [5.41, 5.74) is 0. The zero-order chi connectivity index (χ0) is 10.1. The molecule has 76 valence electrons. The number of nitrogens with zero attached hydrogens (tertiary/aromatic N) is 2. The van der Waals surface area contributed by atoms with Crippen molar-refractivity contribution in [2.24, 2.45) is 0 Å². The van der Waals surface area contributed by atoms with Crippen LogP contribution in [0, 0.1) is 0 Å². The number of fused-ring (bicyclic) bond motifs is 1. The van der Waals surface area contributed by atoms with Gasteiger partial charge in [0, 0.05) is 24.7 Å². The second-order valence-electron chi connectivity index (χ2n) is 3.14.